The molecule has 84 valence electrons. The van der Waals surface area contributed by atoms with Crippen LogP contribution in [-0.4, -0.2) is 24.4 Å². The van der Waals surface area contributed by atoms with Gasteiger partial charge in [-0.25, -0.2) is 4.79 Å². The molecule has 0 aliphatic heterocycles. The van der Waals surface area contributed by atoms with Gasteiger partial charge in [0.1, 0.15) is 5.76 Å². The monoisotopic (exact) mass is 224 g/mol. The lowest BCUT2D eigenvalue weighted by molar-refractivity contribution is -0.211. The van der Waals surface area contributed by atoms with Gasteiger partial charge >= 0.3 is 12.1 Å². The van der Waals surface area contributed by atoms with Gasteiger partial charge in [0.15, 0.2) is 0 Å². The lowest BCUT2D eigenvalue weighted by atomic mass is 10.3. The van der Waals surface area contributed by atoms with Crippen LogP contribution in [0.1, 0.15) is 22.4 Å². The molecule has 0 radical (unpaired) electrons. The summed E-state index contributed by atoms with van der Waals surface area (Å²) in [5.41, 5.74) is 0. The third kappa shape index (κ3) is 2.50. The van der Waals surface area contributed by atoms with Crippen molar-refractivity contribution in [3.05, 3.63) is 23.7 Å². The summed E-state index contributed by atoms with van der Waals surface area (Å²) in [5, 5.41) is 8.75. The SMILES string of the molecule is COC(=O)c1ccc([C@H](O)C(F)(F)F)o1. The molecule has 0 fully saturated rings. The number of hydrogen-bond donors (Lipinski definition) is 1. The Morgan fingerprint density at radius 3 is 2.60 bits per heavy atom. The molecule has 0 bridgehead atoms. The number of rotatable bonds is 2. The van der Waals surface area contributed by atoms with Crippen molar-refractivity contribution in [1.29, 1.82) is 0 Å². The van der Waals surface area contributed by atoms with Crippen molar-refractivity contribution in [3.63, 3.8) is 0 Å². The molecule has 7 heteroatoms. The van der Waals surface area contributed by atoms with Crippen LogP contribution in [0.3, 0.4) is 0 Å². The van der Waals surface area contributed by atoms with E-state index in [1.807, 2.05) is 0 Å². The molecule has 1 N–H and O–H groups in total. The van der Waals surface area contributed by atoms with E-state index in [1.54, 1.807) is 0 Å². The zero-order chi connectivity index (χ0) is 11.6. The highest BCUT2D eigenvalue weighted by Crippen LogP contribution is 2.33. The van der Waals surface area contributed by atoms with Gasteiger partial charge in [-0.15, -0.1) is 0 Å². The van der Waals surface area contributed by atoms with E-state index in [2.05, 4.69) is 9.15 Å². The number of esters is 1. The van der Waals surface area contributed by atoms with Crippen LogP contribution >= 0.6 is 0 Å². The first kappa shape index (κ1) is 11.6. The van der Waals surface area contributed by atoms with Crippen molar-refractivity contribution in [3.8, 4) is 0 Å². The largest absolute Gasteiger partial charge is 0.463 e. The third-order valence-corrected chi connectivity index (χ3v) is 1.59. The van der Waals surface area contributed by atoms with E-state index in [0.29, 0.717) is 0 Å². The number of carbonyl (C=O) groups is 1. The predicted octanol–water partition coefficient (Wildman–Crippen LogP) is 1.66. The first-order valence-corrected chi connectivity index (χ1v) is 3.79. The predicted molar refractivity (Wildman–Crippen MR) is 41.1 cm³/mol. The topological polar surface area (TPSA) is 59.7 Å². The number of hydrogen-bond acceptors (Lipinski definition) is 4. The minimum absolute atomic E-state index is 0.393. The van der Waals surface area contributed by atoms with Gasteiger partial charge in [-0.3, -0.25) is 0 Å². The Kier molecular flexibility index (Phi) is 3.04. The molecular weight excluding hydrogens is 217 g/mol. The normalized spacial score (nSPS) is 13.7. The molecule has 0 spiro atoms. The summed E-state index contributed by atoms with van der Waals surface area (Å²) in [6, 6.07) is 1.86. The highest BCUT2D eigenvalue weighted by molar-refractivity contribution is 5.86. The molecule has 1 aromatic rings. The quantitative estimate of drug-likeness (QED) is 0.776. The molecule has 4 nitrogen and oxygen atoms in total. The van der Waals surface area contributed by atoms with Gasteiger partial charge < -0.3 is 14.3 Å². The molecule has 15 heavy (non-hydrogen) atoms. The van der Waals surface area contributed by atoms with E-state index in [-0.39, 0.29) is 0 Å². The van der Waals surface area contributed by atoms with Crippen LogP contribution in [0.25, 0.3) is 0 Å². The highest BCUT2D eigenvalue weighted by Gasteiger charge is 2.41. The molecule has 0 aliphatic carbocycles. The van der Waals surface area contributed by atoms with E-state index in [1.165, 1.54) is 0 Å². The zero-order valence-electron chi connectivity index (χ0n) is 7.54. The standard InChI is InChI=1S/C8H7F3O4/c1-14-7(13)5-3-2-4(15-5)6(12)8(9,10)11/h2-3,6,12H,1H3/t6-/m0/s1. The molecule has 0 aromatic carbocycles. The first-order valence-electron chi connectivity index (χ1n) is 3.79. The van der Waals surface area contributed by atoms with Crippen LogP contribution in [0.4, 0.5) is 13.2 Å². The maximum atomic E-state index is 12.0. The van der Waals surface area contributed by atoms with Crippen molar-refractivity contribution < 1.29 is 32.2 Å². The molecule has 1 rings (SSSR count). The van der Waals surface area contributed by atoms with Crippen LogP contribution in [0.15, 0.2) is 16.5 Å². The number of aliphatic hydroxyl groups excluding tert-OH is 1. The van der Waals surface area contributed by atoms with E-state index in [4.69, 9.17) is 5.11 Å². The second-order valence-electron chi connectivity index (χ2n) is 2.64. The molecule has 0 unspecified atom stereocenters. The molecule has 0 amide bonds. The first-order chi connectivity index (χ1) is 6.86. The van der Waals surface area contributed by atoms with Crippen LogP contribution in [-0.2, 0) is 4.74 Å². The zero-order valence-corrected chi connectivity index (χ0v) is 7.54. The highest BCUT2D eigenvalue weighted by atomic mass is 19.4. The van der Waals surface area contributed by atoms with Gasteiger partial charge in [0, 0.05) is 0 Å². The maximum absolute atomic E-state index is 12.0. The Hall–Kier alpha value is -1.50. The van der Waals surface area contributed by atoms with E-state index in [9.17, 15) is 18.0 Å². The smallest absolute Gasteiger partial charge is 0.421 e. The molecule has 1 aromatic heterocycles. The van der Waals surface area contributed by atoms with Crippen molar-refractivity contribution in [2.75, 3.05) is 7.11 Å². The fourth-order valence-corrected chi connectivity index (χ4v) is 0.871. The Morgan fingerprint density at radius 2 is 2.13 bits per heavy atom. The second-order valence-corrected chi connectivity index (χ2v) is 2.64. The number of ether oxygens (including phenoxy) is 1. The number of halogens is 3. The molecule has 1 atom stereocenters. The van der Waals surface area contributed by atoms with E-state index < -0.39 is 29.8 Å². The van der Waals surface area contributed by atoms with Crippen LogP contribution in [0.2, 0.25) is 0 Å². The number of furan rings is 1. The Morgan fingerprint density at radius 1 is 1.53 bits per heavy atom. The Bertz CT molecular complexity index is 355. The lowest BCUT2D eigenvalue weighted by Gasteiger charge is -2.11. The van der Waals surface area contributed by atoms with E-state index >= 15 is 0 Å². The van der Waals surface area contributed by atoms with Gasteiger partial charge in [-0.1, -0.05) is 0 Å². The Balaban J connectivity index is 2.89. The summed E-state index contributed by atoms with van der Waals surface area (Å²) in [6.45, 7) is 0. The summed E-state index contributed by atoms with van der Waals surface area (Å²) < 4.78 is 44.7. The molecule has 0 saturated carbocycles. The third-order valence-electron chi connectivity index (χ3n) is 1.59. The lowest BCUT2D eigenvalue weighted by Crippen LogP contribution is -2.19. The summed E-state index contributed by atoms with van der Waals surface area (Å²) in [7, 11) is 1.06. The van der Waals surface area contributed by atoms with Crippen LogP contribution < -0.4 is 0 Å². The summed E-state index contributed by atoms with van der Waals surface area (Å²) in [6.07, 6.45) is -7.57. The van der Waals surface area contributed by atoms with Crippen LogP contribution in [0, 0.1) is 0 Å². The van der Waals surface area contributed by atoms with Gasteiger partial charge in [0.2, 0.25) is 11.9 Å². The number of methoxy groups -OCH3 is 1. The average molecular weight is 224 g/mol. The fraction of sp³-hybridized carbons (Fsp3) is 0.375. The number of aliphatic hydroxyl groups is 1. The molecular formula is C8H7F3O4. The maximum Gasteiger partial charge on any atom is 0.421 e. The molecule has 0 aliphatic rings. The van der Waals surface area contributed by atoms with Gasteiger partial charge in [-0.05, 0) is 12.1 Å². The number of alkyl halides is 3. The molecule has 1 heterocycles. The van der Waals surface area contributed by atoms with Crippen LogP contribution in [0.5, 0.6) is 0 Å². The minimum Gasteiger partial charge on any atom is -0.463 e. The molecule has 0 saturated heterocycles. The van der Waals surface area contributed by atoms with Crippen molar-refractivity contribution in [2.45, 2.75) is 12.3 Å². The average Bonchev–Trinajstić information content (AvgIpc) is 2.62. The Labute approximate surface area is 82.3 Å². The minimum atomic E-state index is -4.83. The summed E-state index contributed by atoms with van der Waals surface area (Å²) in [5.74, 6) is -2.05. The van der Waals surface area contributed by atoms with Gasteiger partial charge in [0.25, 0.3) is 0 Å². The van der Waals surface area contributed by atoms with Crippen molar-refractivity contribution >= 4 is 5.97 Å². The summed E-state index contributed by atoms with van der Waals surface area (Å²) in [4.78, 5) is 10.8. The van der Waals surface area contributed by atoms with Gasteiger partial charge in [0.05, 0.1) is 7.11 Å². The number of carbonyl (C=O) groups excluding carboxylic acids is 1. The van der Waals surface area contributed by atoms with Crippen molar-refractivity contribution in [1.82, 2.24) is 0 Å². The summed E-state index contributed by atoms with van der Waals surface area (Å²) >= 11 is 0. The van der Waals surface area contributed by atoms with E-state index in [0.717, 1.165) is 19.2 Å². The fourth-order valence-electron chi connectivity index (χ4n) is 0.871. The second kappa shape index (κ2) is 3.93. The van der Waals surface area contributed by atoms with Crippen molar-refractivity contribution in [2.24, 2.45) is 0 Å². The van der Waals surface area contributed by atoms with Gasteiger partial charge in [-0.2, -0.15) is 13.2 Å².